The van der Waals surface area contributed by atoms with Gasteiger partial charge in [-0.3, -0.25) is 9.59 Å². The minimum atomic E-state index is -0.683. The van der Waals surface area contributed by atoms with Crippen molar-refractivity contribution >= 4 is 29.1 Å². The Bertz CT molecular complexity index is 1440. The van der Waals surface area contributed by atoms with Gasteiger partial charge in [-0.15, -0.1) is 0 Å². The molecule has 7 heteroatoms. The molecule has 2 amide bonds. The van der Waals surface area contributed by atoms with Crippen LogP contribution in [0.5, 0.6) is 17.2 Å². The number of amides is 2. The van der Waals surface area contributed by atoms with Crippen molar-refractivity contribution in [1.29, 1.82) is 0 Å². The highest BCUT2D eigenvalue weighted by Crippen LogP contribution is 2.32. The van der Waals surface area contributed by atoms with Crippen molar-refractivity contribution in [3.05, 3.63) is 119 Å². The van der Waals surface area contributed by atoms with Gasteiger partial charge in [0.25, 0.3) is 5.91 Å². The number of anilines is 1. The fourth-order valence-electron chi connectivity index (χ4n) is 4.42. The Morgan fingerprint density at radius 1 is 0.865 bits per heavy atom. The van der Waals surface area contributed by atoms with Crippen molar-refractivity contribution in [2.45, 2.75) is 19.0 Å². The number of hydrogen-bond acceptors (Lipinski definition) is 4. The van der Waals surface area contributed by atoms with Gasteiger partial charge in [0.15, 0.2) is 11.5 Å². The Hall–Kier alpha value is -4.29. The second kappa shape index (κ2) is 10.8. The van der Waals surface area contributed by atoms with Crippen LogP contribution in [0.25, 0.3) is 0 Å². The Kier molecular flexibility index (Phi) is 7.10. The second-order valence-corrected chi connectivity index (χ2v) is 9.14. The molecule has 6 nitrogen and oxygen atoms in total. The van der Waals surface area contributed by atoms with Gasteiger partial charge in [-0.05, 0) is 65.7 Å². The summed E-state index contributed by atoms with van der Waals surface area (Å²) < 4.78 is 11.4. The number of nitrogens with one attached hydrogen (secondary N) is 1. The van der Waals surface area contributed by atoms with Crippen molar-refractivity contribution in [2.75, 3.05) is 12.4 Å². The van der Waals surface area contributed by atoms with Crippen LogP contribution in [-0.4, -0.2) is 29.9 Å². The molecule has 37 heavy (non-hydrogen) atoms. The summed E-state index contributed by atoms with van der Waals surface area (Å²) in [7, 11) is 1.57. The van der Waals surface area contributed by atoms with Crippen LogP contribution < -0.4 is 14.8 Å². The molecule has 1 unspecified atom stereocenters. The first-order valence-corrected chi connectivity index (χ1v) is 12.2. The number of halogens is 1. The monoisotopic (exact) mass is 512 g/mol. The van der Waals surface area contributed by atoms with Crippen LogP contribution in [0.3, 0.4) is 0 Å². The number of para-hydroxylation sites is 2. The minimum Gasteiger partial charge on any atom is -0.493 e. The average molecular weight is 513 g/mol. The van der Waals surface area contributed by atoms with E-state index in [1.165, 1.54) is 0 Å². The van der Waals surface area contributed by atoms with E-state index >= 15 is 0 Å². The lowest BCUT2D eigenvalue weighted by Crippen LogP contribution is -2.50. The molecular formula is C30H25ClN2O4. The number of benzene rings is 4. The van der Waals surface area contributed by atoms with Crippen LogP contribution in [-0.2, 0) is 17.8 Å². The maximum absolute atomic E-state index is 13.8. The lowest BCUT2D eigenvalue weighted by molar-refractivity contribution is -0.121. The normalized spacial score (nSPS) is 14.4. The van der Waals surface area contributed by atoms with Gasteiger partial charge in [0.05, 0.1) is 7.11 Å². The number of carbonyl (C=O) groups excluding carboxylic acids is 2. The number of hydrogen-bond donors (Lipinski definition) is 1. The Labute approximate surface area is 220 Å². The zero-order chi connectivity index (χ0) is 25.8. The van der Waals surface area contributed by atoms with Crippen LogP contribution in [0.4, 0.5) is 5.69 Å². The molecule has 5 rings (SSSR count). The number of ether oxygens (including phenoxy) is 2. The SMILES string of the molecule is COc1ccccc1Oc1cccc(C(=O)N2Cc3ccccc3CC2C(=O)Nc2ccc(Cl)cc2)c1. The third-order valence-corrected chi connectivity index (χ3v) is 6.55. The number of nitrogens with zero attached hydrogens (tertiary/aromatic N) is 1. The predicted octanol–water partition coefficient (Wildman–Crippen LogP) is 6.35. The summed E-state index contributed by atoms with van der Waals surface area (Å²) in [6, 6.07) is 28.4. The molecule has 0 saturated carbocycles. The van der Waals surface area contributed by atoms with Crippen molar-refractivity contribution in [3.8, 4) is 17.2 Å². The lowest BCUT2D eigenvalue weighted by Gasteiger charge is -2.36. The molecule has 4 aromatic carbocycles. The molecule has 0 aromatic heterocycles. The number of carbonyl (C=O) groups is 2. The molecule has 0 bridgehead atoms. The fourth-order valence-corrected chi connectivity index (χ4v) is 4.54. The Morgan fingerprint density at radius 2 is 1.57 bits per heavy atom. The van der Waals surface area contributed by atoms with Crippen molar-refractivity contribution in [1.82, 2.24) is 4.90 Å². The van der Waals surface area contributed by atoms with Gasteiger partial charge in [-0.25, -0.2) is 0 Å². The Balaban J connectivity index is 1.42. The third-order valence-electron chi connectivity index (χ3n) is 6.30. The predicted molar refractivity (Wildman–Crippen MR) is 143 cm³/mol. The van der Waals surface area contributed by atoms with E-state index in [-0.39, 0.29) is 11.8 Å². The maximum Gasteiger partial charge on any atom is 0.254 e. The van der Waals surface area contributed by atoms with Gasteiger partial charge in [0.1, 0.15) is 11.8 Å². The molecule has 0 fully saturated rings. The molecule has 0 spiro atoms. The van der Waals surface area contributed by atoms with Crippen molar-refractivity contribution < 1.29 is 19.1 Å². The molecule has 186 valence electrons. The summed E-state index contributed by atoms with van der Waals surface area (Å²) in [6.45, 7) is 0.325. The average Bonchev–Trinajstić information content (AvgIpc) is 2.93. The Morgan fingerprint density at radius 3 is 2.32 bits per heavy atom. The molecule has 1 N–H and O–H groups in total. The van der Waals surface area contributed by atoms with Crippen LogP contribution in [0, 0.1) is 0 Å². The van der Waals surface area contributed by atoms with Crippen LogP contribution >= 0.6 is 11.6 Å². The van der Waals surface area contributed by atoms with E-state index in [1.54, 1.807) is 72.7 Å². The lowest BCUT2D eigenvalue weighted by atomic mass is 9.92. The van der Waals surface area contributed by atoms with E-state index in [0.717, 1.165) is 11.1 Å². The molecule has 0 radical (unpaired) electrons. The highest BCUT2D eigenvalue weighted by atomic mass is 35.5. The van der Waals surface area contributed by atoms with Gasteiger partial charge < -0.3 is 19.7 Å². The summed E-state index contributed by atoms with van der Waals surface area (Å²) in [4.78, 5) is 28.8. The molecule has 0 saturated heterocycles. The first-order valence-electron chi connectivity index (χ1n) is 11.9. The summed E-state index contributed by atoms with van der Waals surface area (Å²) in [5.74, 6) is 1.12. The van der Waals surface area contributed by atoms with Crippen molar-refractivity contribution in [2.24, 2.45) is 0 Å². The van der Waals surface area contributed by atoms with Gasteiger partial charge >= 0.3 is 0 Å². The van der Waals surface area contributed by atoms with Crippen LogP contribution in [0.1, 0.15) is 21.5 Å². The van der Waals surface area contributed by atoms with Gasteiger partial charge in [-0.2, -0.15) is 0 Å². The highest BCUT2D eigenvalue weighted by molar-refractivity contribution is 6.30. The number of fused-ring (bicyclic) bond motifs is 1. The van der Waals surface area contributed by atoms with Gasteiger partial charge in [0.2, 0.25) is 5.91 Å². The zero-order valence-corrected chi connectivity index (χ0v) is 20.9. The number of rotatable bonds is 6. The van der Waals surface area contributed by atoms with E-state index < -0.39 is 6.04 Å². The fraction of sp³-hybridized carbons (Fsp3) is 0.133. The maximum atomic E-state index is 13.8. The standard InChI is InChI=1S/C30H25ClN2O4/c1-36-27-11-4-5-12-28(27)37-25-10-6-9-21(17-25)30(35)33-19-22-8-3-2-7-20(22)18-26(33)29(34)32-24-15-13-23(31)14-16-24/h2-17,26H,18-19H2,1H3,(H,32,34). The van der Waals surface area contributed by atoms with E-state index in [9.17, 15) is 9.59 Å². The van der Waals surface area contributed by atoms with Crippen LogP contribution in [0.2, 0.25) is 5.02 Å². The van der Waals surface area contributed by atoms with E-state index in [1.807, 2.05) is 36.4 Å². The molecule has 1 heterocycles. The van der Waals surface area contributed by atoms with Gasteiger partial charge in [0, 0.05) is 29.2 Å². The third kappa shape index (κ3) is 5.44. The zero-order valence-electron chi connectivity index (χ0n) is 20.2. The summed E-state index contributed by atoms with van der Waals surface area (Å²) >= 11 is 5.98. The quantitative estimate of drug-likeness (QED) is 0.327. The first kappa shape index (κ1) is 24.4. The van der Waals surface area contributed by atoms with Crippen LogP contribution in [0.15, 0.2) is 97.1 Å². The molecule has 1 aliphatic rings. The summed E-state index contributed by atoms with van der Waals surface area (Å²) in [5.41, 5.74) is 3.12. The highest BCUT2D eigenvalue weighted by Gasteiger charge is 2.35. The van der Waals surface area contributed by atoms with Crippen molar-refractivity contribution in [3.63, 3.8) is 0 Å². The van der Waals surface area contributed by atoms with Gasteiger partial charge in [-0.1, -0.05) is 54.1 Å². The smallest absolute Gasteiger partial charge is 0.254 e. The summed E-state index contributed by atoms with van der Waals surface area (Å²) in [5, 5.41) is 3.51. The molecular weight excluding hydrogens is 488 g/mol. The van der Waals surface area contributed by atoms with E-state index in [4.69, 9.17) is 21.1 Å². The molecule has 1 aliphatic heterocycles. The largest absolute Gasteiger partial charge is 0.493 e. The second-order valence-electron chi connectivity index (χ2n) is 8.70. The molecule has 0 aliphatic carbocycles. The van der Waals surface area contributed by atoms with E-state index in [2.05, 4.69) is 5.32 Å². The first-order chi connectivity index (χ1) is 18.0. The topological polar surface area (TPSA) is 67.9 Å². The molecule has 1 atom stereocenters. The summed E-state index contributed by atoms with van der Waals surface area (Å²) in [6.07, 6.45) is 0.415. The van der Waals surface area contributed by atoms with E-state index in [0.29, 0.717) is 46.5 Å². The minimum absolute atomic E-state index is 0.253. The number of methoxy groups -OCH3 is 1. The molecule has 4 aromatic rings.